The van der Waals surface area contributed by atoms with Gasteiger partial charge < -0.3 is 0 Å². The first-order valence-corrected chi connectivity index (χ1v) is 5.41. The van der Waals surface area contributed by atoms with Crippen LogP contribution < -0.4 is 0 Å². The van der Waals surface area contributed by atoms with Crippen LogP contribution in [0.4, 0.5) is 13.2 Å². The first-order valence-electron chi connectivity index (χ1n) is 4.31. The molecule has 0 heterocycles. The molecule has 0 spiro atoms. The highest BCUT2D eigenvalue weighted by molar-refractivity contribution is 7.33. The molecule has 0 saturated carbocycles. The second kappa shape index (κ2) is 5.94. The number of rotatable bonds is 5. The molecule has 88 valence electrons. The molecule has 0 N–H and O–H groups in total. The summed E-state index contributed by atoms with van der Waals surface area (Å²) in [6, 6.07) is 8.66. The summed E-state index contributed by atoms with van der Waals surface area (Å²) in [5.41, 5.74) is 0.710. The van der Waals surface area contributed by atoms with Crippen LogP contribution in [0.5, 0.6) is 0 Å². The van der Waals surface area contributed by atoms with Crippen molar-refractivity contribution < 1.29 is 26.8 Å². The van der Waals surface area contributed by atoms with Gasteiger partial charge in [0.25, 0.3) is 0 Å². The SMILES string of the molecule is O=[P+](OCc1ccccc1)OCC(F)(F)F. The lowest BCUT2D eigenvalue weighted by atomic mass is 10.2. The molecule has 16 heavy (non-hydrogen) atoms. The summed E-state index contributed by atoms with van der Waals surface area (Å²) in [5.74, 6) is 0. The van der Waals surface area contributed by atoms with Gasteiger partial charge in [0.05, 0.1) is 0 Å². The number of hydrogen-bond acceptors (Lipinski definition) is 3. The molecule has 0 amide bonds. The molecule has 0 fully saturated rings. The lowest BCUT2D eigenvalue weighted by molar-refractivity contribution is -0.154. The van der Waals surface area contributed by atoms with Crippen molar-refractivity contribution in [3.8, 4) is 0 Å². The molecule has 1 unspecified atom stereocenters. The van der Waals surface area contributed by atoms with Gasteiger partial charge >= 0.3 is 14.4 Å². The van der Waals surface area contributed by atoms with Crippen molar-refractivity contribution in [1.29, 1.82) is 0 Å². The van der Waals surface area contributed by atoms with Crippen LogP contribution in [-0.2, 0) is 20.2 Å². The molecule has 0 bridgehead atoms. The molecule has 1 atom stereocenters. The van der Waals surface area contributed by atoms with Gasteiger partial charge in [-0.3, -0.25) is 0 Å². The third-order valence-electron chi connectivity index (χ3n) is 1.51. The van der Waals surface area contributed by atoms with Gasteiger partial charge in [0.2, 0.25) is 6.61 Å². The molecule has 1 aromatic carbocycles. The van der Waals surface area contributed by atoms with Gasteiger partial charge in [-0.25, -0.2) is 0 Å². The van der Waals surface area contributed by atoms with E-state index in [9.17, 15) is 17.7 Å². The van der Waals surface area contributed by atoms with Crippen molar-refractivity contribution in [2.75, 3.05) is 6.61 Å². The Kier molecular flexibility index (Phi) is 4.86. The van der Waals surface area contributed by atoms with E-state index >= 15 is 0 Å². The third-order valence-corrected chi connectivity index (χ3v) is 2.19. The number of benzene rings is 1. The average molecular weight is 253 g/mol. The molecule has 1 aromatic rings. The van der Waals surface area contributed by atoms with E-state index < -0.39 is 21.0 Å². The van der Waals surface area contributed by atoms with Crippen molar-refractivity contribution in [3.05, 3.63) is 35.9 Å². The summed E-state index contributed by atoms with van der Waals surface area (Å²) in [4.78, 5) is 0. The smallest absolute Gasteiger partial charge is 0.168 e. The fraction of sp³-hybridized carbons (Fsp3) is 0.333. The Morgan fingerprint density at radius 3 is 2.31 bits per heavy atom. The maximum atomic E-state index is 11.7. The molecule has 0 aromatic heterocycles. The summed E-state index contributed by atoms with van der Waals surface area (Å²) in [6.45, 7) is -1.62. The summed E-state index contributed by atoms with van der Waals surface area (Å²) < 4.78 is 54.5. The molecule has 0 saturated heterocycles. The van der Waals surface area contributed by atoms with Crippen molar-refractivity contribution in [2.24, 2.45) is 0 Å². The van der Waals surface area contributed by atoms with Crippen molar-refractivity contribution in [1.82, 2.24) is 0 Å². The molecule has 0 radical (unpaired) electrons. The summed E-state index contributed by atoms with van der Waals surface area (Å²) >= 11 is 0. The number of alkyl halides is 3. The number of halogens is 3. The lowest BCUT2D eigenvalue weighted by Gasteiger charge is -1.98. The first kappa shape index (κ1) is 13.1. The van der Waals surface area contributed by atoms with E-state index in [2.05, 4.69) is 9.05 Å². The Balaban J connectivity index is 2.26. The molecule has 3 nitrogen and oxygen atoms in total. The van der Waals surface area contributed by atoms with E-state index in [1.165, 1.54) is 0 Å². The van der Waals surface area contributed by atoms with E-state index in [1.54, 1.807) is 30.3 Å². The minimum absolute atomic E-state index is 0.0477. The van der Waals surface area contributed by atoms with E-state index in [0.717, 1.165) is 0 Å². The predicted octanol–water partition coefficient (Wildman–Crippen LogP) is 3.44. The second-order valence-corrected chi connectivity index (χ2v) is 3.83. The second-order valence-electron chi connectivity index (χ2n) is 2.87. The van der Waals surface area contributed by atoms with Crippen LogP contribution >= 0.6 is 8.25 Å². The molecular formula is C9H9F3O3P+. The van der Waals surface area contributed by atoms with Gasteiger partial charge in [0, 0.05) is 4.57 Å². The van der Waals surface area contributed by atoms with E-state index in [4.69, 9.17) is 0 Å². The first-order chi connectivity index (χ1) is 7.47. The molecule has 0 aliphatic carbocycles. The standard InChI is InChI=1S/C9H9F3O3P/c10-9(11,12)7-15-16(13)14-6-8-4-2-1-3-5-8/h1-5H,6-7H2/q+1. The maximum absolute atomic E-state index is 11.7. The van der Waals surface area contributed by atoms with Crippen LogP contribution in [-0.4, -0.2) is 12.8 Å². The summed E-state index contributed by atoms with van der Waals surface area (Å²) in [5, 5.41) is 0. The Morgan fingerprint density at radius 2 is 1.75 bits per heavy atom. The third kappa shape index (κ3) is 5.80. The molecule has 7 heteroatoms. The van der Waals surface area contributed by atoms with Gasteiger partial charge in [0.15, 0.2) is 0 Å². The highest BCUT2D eigenvalue weighted by Crippen LogP contribution is 2.29. The van der Waals surface area contributed by atoms with E-state index in [-0.39, 0.29) is 6.61 Å². The Bertz CT molecular complexity index is 340. The molecule has 0 aliphatic heterocycles. The fourth-order valence-electron chi connectivity index (χ4n) is 0.865. The fourth-order valence-corrected chi connectivity index (χ4v) is 1.45. The largest absolute Gasteiger partial charge is 0.698 e. The number of hydrogen-bond donors (Lipinski definition) is 0. The minimum atomic E-state index is -4.50. The Hall–Kier alpha value is -0.970. The van der Waals surface area contributed by atoms with Crippen LogP contribution in [0.1, 0.15) is 5.56 Å². The van der Waals surface area contributed by atoms with E-state index in [1.807, 2.05) is 0 Å². The quantitative estimate of drug-likeness (QED) is 0.754. The van der Waals surface area contributed by atoms with Crippen LogP contribution in [0.2, 0.25) is 0 Å². The Morgan fingerprint density at radius 1 is 1.12 bits per heavy atom. The molecule has 0 aliphatic rings. The zero-order valence-electron chi connectivity index (χ0n) is 8.11. The van der Waals surface area contributed by atoms with Crippen molar-refractivity contribution >= 4 is 8.25 Å². The van der Waals surface area contributed by atoms with Crippen LogP contribution in [0.3, 0.4) is 0 Å². The highest BCUT2D eigenvalue weighted by atomic mass is 31.1. The monoisotopic (exact) mass is 253 g/mol. The zero-order valence-corrected chi connectivity index (χ0v) is 9.00. The minimum Gasteiger partial charge on any atom is -0.168 e. The maximum Gasteiger partial charge on any atom is 0.698 e. The molecular weight excluding hydrogens is 244 g/mol. The lowest BCUT2D eigenvalue weighted by Crippen LogP contribution is -2.14. The van der Waals surface area contributed by atoms with Crippen molar-refractivity contribution in [3.63, 3.8) is 0 Å². The van der Waals surface area contributed by atoms with Gasteiger partial charge in [-0.2, -0.15) is 13.2 Å². The van der Waals surface area contributed by atoms with Gasteiger partial charge in [0.1, 0.15) is 6.61 Å². The van der Waals surface area contributed by atoms with Crippen LogP contribution in [0.15, 0.2) is 30.3 Å². The molecule has 1 rings (SSSR count). The Labute approximate surface area is 91.1 Å². The normalized spacial score (nSPS) is 12.6. The van der Waals surface area contributed by atoms with Gasteiger partial charge in [-0.05, 0) is 5.56 Å². The summed E-state index contributed by atoms with van der Waals surface area (Å²) in [7, 11) is -2.74. The van der Waals surface area contributed by atoms with Crippen LogP contribution in [0, 0.1) is 0 Å². The van der Waals surface area contributed by atoms with Gasteiger partial charge in [-0.1, -0.05) is 30.3 Å². The van der Waals surface area contributed by atoms with Gasteiger partial charge in [-0.15, -0.1) is 9.05 Å². The van der Waals surface area contributed by atoms with Crippen molar-refractivity contribution in [2.45, 2.75) is 12.8 Å². The van der Waals surface area contributed by atoms with E-state index in [0.29, 0.717) is 5.56 Å². The predicted molar refractivity (Wildman–Crippen MR) is 50.8 cm³/mol. The average Bonchev–Trinajstić information content (AvgIpc) is 2.24. The van der Waals surface area contributed by atoms with Crippen LogP contribution in [0.25, 0.3) is 0 Å². The highest BCUT2D eigenvalue weighted by Gasteiger charge is 2.34. The summed E-state index contributed by atoms with van der Waals surface area (Å²) in [6.07, 6.45) is -4.50. The zero-order chi connectivity index (χ0) is 12.0. The topological polar surface area (TPSA) is 35.5 Å².